The molecule has 0 amide bonds. The SMILES string of the molecule is C[C@H](NS(=O)(=O)O)C(=O)O. The van der Waals surface area contributed by atoms with E-state index in [1.54, 1.807) is 0 Å². The van der Waals surface area contributed by atoms with E-state index in [1.807, 2.05) is 0 Å². The van der Waals surface area contributed by atoms with Crippen LogP contribution in [0.3, 0.4) is 0 Å². The van der Waals surface area contributed by atoms with Crippen LogP contribution in [0.15, 0.2) is 0 Å². The van der Waals surface area contributed by atoms with E-state index >= 15 is 0 Å². The van der Waals surface area contributed by atoms with Crippen molar-refractivity contribution in [3.63, 3.8) is 0 Å². The molecule has 60 valence electrons. The summed E-state index contributed by atoms with van der Waals surface area (Å²) in [4.78, 5) is 9.94. The van der Waals surface area contributed by atoms with E-state index in [4.69, 9.17) is 9.66 Å². The highest BCUT2D eigenvalue weighted by molar-refractivity contribution is 7.83. The molecule has 0 radical (unpaired) electrons. The third kappa shape index (κ3) is 4.24. The average Bonchev–Trinajstić information content (AvgIpc) is 1.60. The summed E-state index contributed by atoms with van der Waals surface area (Å²) < 4.78 is 29.3. The second kappa shape index (κ2) is 2.95. The number of rotatable bonds is 3. The molecule has 0 aliphatic heterocycles. The van der Waals surface area contributed by atoms with Crippen LogP contribution in [0.5, 0.6) is 0 Å². The van der Waals surface area contributed by atoms with Crippen molar-refractivity contribution in [3.8, 4) is 0 Å². The highest BCUT2D eigenvalue weighted by Crippen LogP contribution is 1.83. The first kappa shape index (κ1) is 9.34. The van der Waals surface area contributed by atoms with Crippen LogP contribution < -0.4 is 4.72 Å². The topological polar surface area (TPSA) is 104 Å². The smallest absolute Gasteiger partial charge is 0.334 e. The molecule has 0 saturated heterocycles. The number of carboxylic acids is 1. The van der Waals surface area contributed by atoms with Gasteiger partial charge in [0.25, 0.3) is 0 Å². The maximum Gasteiger partial charge on any atom is 0.334 e. The molecule has 0 heterocycles. The fourth-order valence-corrected chi connectivity index (χ4v) is 0.821. The van der Waals surface area contributed by atoms with Crippen molar-refractivity contribution >= 4 is 16.3 Å². The van der Waals surface area contributed by atoms with Crippen molar-refractivity contribution in [2.75, 3.05) is 0 Å². The first-order chi connectivity index (χ1) is 4.33. The highest BCUT2D eigenvalue weighted by atomic mass is 32.2. The largest absolute Gasteiger partial charge is 0.480 e. The van der Waals surface area contributed by atoms with Gasteiger partial charge in [0.05, 0.1) is 0 Å². The minimum Gasteiger partial charge on any atom is -0.480 e. The van der Waals surface area contributed by atoms with Crippen molar-refractivity contribution in [2.45, 2.75) is 13.0 Å². The fraction of sp³-hybridized carbons (Fsp3) is 0.667. The second-order valence-electron chi connectivity index (χ2n) is 1.65. The van der Waals surface area contributed by atoms with Gasteiger partial charge in [0.2, 0.25) is 0 Å². The lowest BCUT2D eigenvalue weighted by molar-refractivity contribution is -0.138. The predicted octanol–water partition coefficient (Wildman–Crippen LogP) is -1.15. The molecule has 10 heavy (non-hydrogen) atoms. The maximum atomic E-state index is 9.94. The summed E-state index contributed by atoms with van der Waals surface area (Å²) in [5.41, 5.74) is 0. The quantitative estimate of drug-likeness (QED) is 0.463. The lowest BCUT2D eigenvalue weighted by atomic mass is 10.4. The first-order valence-corrected chi connectivity index (χ1v) is 3.74. The van der Waals surface area contributed by atoms with Crippen LogP contribution in [-0.4, -0.2) is 30.1 Å². The molecule has 0 fully saturated rings. The summed E-state index contributed by atoms with van der Waals surface area (Å²) >= 11 is 0. The summed E-state index contributed by atoms with van der Waals surface area (Å²) in [5.74, 6) is -1.35. The Morgan fingerprint density at radius 3 is 2.10 bits per heavy atom. The van der Waals surface area contributed by atoms with Crippen molar-refractivity contribution in [1.29, 1.82) is 0 Å². The van der Waals surface area contributed by atoms with Gasteiger partial charge in [-0.2, -0.15) is 13.1 Å². The van der Waals surface area contributed by atoms with Crippen LogP contribution >= 0.6 is 0 Å². The molecule has 0 rings (SSSR count). The molecular weight excluding hydrogens is 162 g/mol. The van der Waals surface area contributed by atoms with E-state index in [9.17, 15) is 13.2 Å². The van der Waals surface area contributed by atoms with Gasteiger partial charge in [0.15, 0.2) is 0 Å². The van der Waals surface area contributed by atoms with Gasteiger partial charge >= 0.3 is 16.3 Å². The Bertz CT molecular complexity index is 219. The van der Waals surface area contributed by atoms with Crippen LogP contribution in [0.1, 0.15) is 6.92 Å². The average molecular weight is 169 g/mol. The molecule has 0 aliphatic carbocycles. The van der Waals surface area contributed by atoms with Crippen LogP contribution in [0.2, 0.25) is 0 Å². The standard InChI is InChI=1S/C3H7NO5S/c1-2(3(5)6)4-10(7,8)9/h2,4H,1H3,(H,5,6)(H,7,8,9)/t2-/m0/s1. The number of aliphatic carboxylic acids is 1. The molecule has 0 aromatic carbocycles. The summed E-state index contributed by atoms with van der Waals surface area (Å²) in [5, 5.41) is 8.11. The number of carboxylic acid groups (broad SMARTS) is 1. The van der Waals surface area contributed by atoms with Gasteiger partial charge in [0, 0.05) is 0 Å². The summed E-state index contributed by atoms with van der Waals surface area (Å²) in [6, 6.07) is -1.31. The summed E-state index contributed by atoms with van der Waals surface area (Å²) in [6.07, 6.45) is 0. The Kier molecular flexibility index (Phi) is 2.76. The Hall–Kier alpha value is -0.660. The number of hydrogen-bond acceptors (Lipinski definition) is 3. The lowest BCUT2D eigenvalue weighted by Crippen LogP contribution is -2.37. The molecule has 0 bridgehead atoms. The molecule has 0 spiro atoms. The molecule has 6 nitrogen and oxygen atoms in total. The van der Waals surface area contributed by atoms with Gasteiger partial charge in [-0.25, -0.2) is 0 Å². The minimum absolute atomic E-state index is 1.09. The zero-order valence-corrected chi connectivity index (χ0v) is 5.92. The van der Waals surface area contributed by atoms with Gasteiger partial charge in [-0.1, -0.05) is 0 Å². The minimum atomic E-state index is -4.40. The van der Waals surface area contributed by atoms with Crippen molar-refractivity contribution in [2.24, 2.45) is 0 Å². The molecule has 0 saturated carbocycles. The normalized spacial score (nSPS) is 14.6. The number of nitrogens with one attached hydrogen (secondary N) is 1. The zero-order chi connectivity index (χ0) is 8.36. The van der Waals surface area contributed by atoms with Gasteiger partial charge < -0.3 is 5.11 Å². The van der Waals surface area contributed by atoms with E-state index in [2.05, 4.69) is 0 Å². The van der Waals surface area contributed by atoms with Crippen molar-refractivity contribution < 1.29 is 22.9 Å². The first-order valence-electron chi connectivity index (χ1n) is 2.30. The van der Waals surface area contributed by atoms with Gasteiger partial charge in [0.1, 0.15) is 6.04 Å². The number of carbonyl (C=O) groups is 1. The third-order valence-corrected chi connectivity index (χ3v) is 1.35. The molecule has 0 aliphatic rings. The molecule has 3 N–H and O–H groups in total. The molecule has 0 aromatic rings. The second-order valence-corrected chi connectivity index (χ2v) is 2.84. The Morgan fingerprint density at radius 1 is 1.60 bits per heavy atom. The monoisotopic (exact) mass is 169 g/mol. The van der Waals surface area contributed by atoms with E-state index in [-0.39, 0.29) is 0 Å². The predicted molar refractivity (Wildman–Crippen MR) is 31.8 cm³/mol. The van der Waals surface area contributed by atoms with Crippen LogP contribution in [-0.2, 0) is 15.1 Å². The molecule has 7 heteroatoms. The van der Waals surface area contributed by atoms with E-state index in [1.165, 1.54) is 4.72 Å². The molecule has 0 aromatic heterocycles. The van der Waals surface area contributed by atoms with Crippen LogP contribution in [0.4, 0.5) is 0 Å². The molecule has 0 unspecified atom stereocenters. The van der Waals surface area contributed by atoms with Crippen LogP contribution in [0, 0.1) is 0 Å². The lowest BCUT2D eigenvalue weighted by Gasteiger charge is -2.03. The van der Waals surface area contributed by atoms with Gasteiger partial charge in [-0.05, 0) is 6.92 Å². The number of hydrogen-bond donors (Lipinski definition) is 3. The summed E-state index contributed by atoms with van der Waals surface area (Å²) in [7, 11) is -4.40. The zero-order valence-electron chi connectivity index (χ0n) is 5.10. The third-order valence-electron chi connectivity index (χ3n) is 0.696. The van der Waals surface area contributed by atoms with E-state index in [0.717, 1.165) is 6.92 Å². The Balaban J connectivity index is 4.06. The summed E-state index contributed by atoms with van der Waals surface area (Å²) in [6.45, 7) is 1.09. The van der Waals surface area contributed by atoms with Gasteiger partial charge in [-0.3, -0.25) is 9.35 Å². The van der Waals surface area contributed by atoms with E-state index < -0.39 is 22.3 Å². The molecule has 1 atom stereocenters. The van der Waals surface area contributed by atoms with Crippen molar-refractivity contribution in [1.82, 2.24) is 4.72 Å². The fourth-order valence-electron chi connectivity index (χ4n) is 0.274. The Labute approximate surface area is 57.7 Å². The van der Waals surface area contributed by atoms with Gasteiger partial charge in [-0.15, -0.1) is 0 Å². The van der Waals surface area contributed by atoms with E-state index in [0.29, 0.717) is 0 Å². The maximum absolute atomic E-state index is 9.94. The Morgan fingerprint density at radius 2 is 2.00 bits per heavy atom. The molecular formula is C3H7NO5S. The highest BCUT2D eigenvalue weighted by Gasteiger charge is 2.15. The van der Waals surface area contributed by atoms with Crippen molar-refractivity contribution in [3.05, 3.63) is 0 Å². The van der Waals surface area contributed by atoms with Crippen LogP contribution in [0.25, 0.3) is 0 Å².